The normalized spacial score (nSPS) is 16.9. The molecule has 0 aliphatic carbocycles. The van der Waals surface area contributed by atoms with Crippen LogP contribution < -0.4 is 10.1 Å². The zero-order valence-electron chi connectivity index (χ0n) is 14.1. The number of nitrogens with zero attached hydrogens (tertiary/aromatic N) is 1. The van der Waals surface area contributed by atoms with Gasteiger partial charge in [0, 0.05) is 36.3 Å². The number of ether oxygens (including phenoxy) is 1. The van der Waals surface area contributed by atoms with Crippen LogP contribution in [0.4, 0.5) is 0 Å². The molecule has 0 unspecified atom stereocenters. The summed E-state index contributed by atoms with van der Waals surface area (Å²) in [7, 11) is 0. The number of halogens is 2. The van der Waals surface area contributed by atoms with E-state index < -0.39 is 0 Å². The summed E-state index contributed by atoms with van der Waals surface area (Å²) < 4.78 is 5.81. The number of amides is 1. The second-order valence-electron chi connectivity index (χ2n) is 6.00. The van der Waals surface area contributed by atoms with Gasteiger partial charge in [0.1, 0.15) is 12.4 Å². The van der Waals surface area contributed by atoms with E-state index in [1.807, 2.05) is 53.4 Å². The van der Waals surface area contributed by atoms with Gasteiger partial charge in [0.15, 0.2) is 0 Å². The molecule has 6 heteroatoms. The van der Waals surface area contributed by atoms with Gasteiger partial charge in [0.05, 0.1) is 0 Å². The molecule has 2 aromatic carbocycles. The van der Waals surface area contributed by atoms with Crippen LogP contribution in [0.15, 0.2) is 48.5 Å². The van der Waals surface area contributed by atoms with Crippen molar-refractivity contribution in [2.45, 2.75) is 19.6 Å². The molecule has 4 nitrogen and oxygen atoms in total. The maximum atomic E-state index is 12.7. The van der Waals surface area contributed by atoms with E-state index >= 15 is 0 Å². The van der Waals surface area contributed by atoms with Gasteiger partial charge in [-0.2, -0.15) is 0 Å². The highest BCUT2D eigenvalue weighted by atomic mass is 35.5. The van der Waals surface area contributed by atoms with E-state index in [0.29, 0.717) is 22.9 Å². The lowest BCUT2D eigenvalue weighted by Crippen LogP contribution is -2.52. The Morgan fingerprint density at radius 2 is 2.08 bits per heavy atom. The molecule has 1 aliphatic heterocycles. The van der Waals surface area contributed by atoms with Crippen LogP contribution in [0.2, 0.25) is 5.02 Å². The maximum Gasteiger partial charge on any atom is 0.254 e. The molecule has 1 atom stereocenters. The Kier molecular flexibility index (Phi) is 7.12. The topological polar surface area (TPSA) is 41.6 Å². The largest absolute Gasteiger partial charge is 0.489 e. The van der Waals surface area contributed by atoms with Gasteiger partial charge < -0.3 is 15.0 Å². The van der Waals surface area contributed by atoms with Crippen LogP contribution in [-0.4, -0.2) is 36.5 Å². The molecule has 25 heavy (non-hydrogen) atoms. The molecule has 0 spiro atoms. The number of hydrogen-bond donors (Lipinski definition) is 1. The van der Waals surface area contributed by atoms with E-state index in [4.69, 9.17) is 16.3 Å². The van der Waals surface area contributed by atoms with Crippen molar-refractivity contribution in [1.29, 1.82) is 0 Å². The summed E-state index contributed by atoms with van der Waals surface area (Å²) in [6.45, 7) is 4.87. The van der Waals surface area contributed by atoms with Crippen LogP contribution in [0.1, 0.15) is 22.8 Å². The number of piperazine rings is 1. The zero-order valence-corrected chi connectivity index (χ0v) is 15.6. The Hall–Kier alpha value is -1.75. The van der Waals surface area contributed by atoms with Crippen LogP contribution >= 0.6 is 24.0 Å². The average molecular weight is 381 g/mol. The Morgan fingerprint density at radius 3 is 2.84 bits per heavy atom. The second kappa shape index (κ2) is 9.09. The van der Waals surface area contributed by atoms with Gasteiger partial charge >= 0.3 is 0 Å². The maximum absolute atomic E-state index is 12.7. The summed E-state index contributed by atoms with van der Waals surface area (Å²) >= 11 is 5.98. The zero-order chi connectivity index (χ0) is 16.9. The first-order chi connectivity index (χ1) is 11.6. The minimum atomic E-state index is 0. The van der Waals surface area contributed by atoms with E-state index in [0.717, 1.165) is 25.2 Å². The molecule has 0 saturated carbocycles. The third kappa shape index (κ3) is 5.11. The van der Waals surface area contributed by atoms with E-state index in [9.17, 15) is 4.79 Å². The van der Waals surface area contributed by atoms with Crippen LogP contribution in [0, 0.1) is 0 Å². The van der Waals surface area contributed by atoms with E-state index in [-0.39, 0.29) is 24.4 Å². The highest BCUT2D eigenvalue weighted by Crippen LogP contribution is 2.19. The molecule has 1 N–H and O–H groups in total. The third-order valence-electron chi connectivity index (χ3n) is 4.14. The summed E-state index contributed by atoms with van der Waals surface area (Å²) in [4.78, 5) is 14.6. The number of carbonyl (C=O) groups excluding carboxylic acids is 1. The molecule has 1 amide bonds. The highest BCUT2D eigenvalue weighted by molar-refractivity contribution is 6.30. The molecule has 2 aromatic rings. The molecule has 134 valence electrons. The van der Waals surface area contributed by atoms with Gasteiger partial charge in [-0.3, -0.25) is 4.79 Å². The summed E-state index contributed by atoms with van der Waals surface area (Å²) in [5, 5.41) is 3.98. The molecular formula is C19H22Cl2N2O2. The average Bonchev–Trinajstić information content (AvgIpc) is 2.60. The first kappa shape index (κ1) is 19.6. The molecule has 1 aliphatic rings. The SMILES string of the molecule is C[C@H]1CNCCN1C(=O)c1cccc(OCc2cccc(Cl)c2)c1.Cl. The van der Waals surface area contributed by atoms with Gasteiger partial charge in [0.25, 0.3) is 5.91 Å². The number of benzene rings is 2. The van der Waals surface area contributed by atoms with Crippen LogP contribution in [0.5, 0.6) is 5.75 Å². The third-order valence-corrected chi connectivity index (χ3v) is 4.37. The Morgan fingerprint density at radius 1 is 1.28 bits per heavy atom. The van der Waals surface area contributed by atoms with Crippen molar-refractivity contribution in [3.8, 4) is 5.75 Å². The van der Waals surface area contributed by atoms with Crippen molar-refractivity contribution >= 4 is 29.9 Å². The van der Waals surface area contributed by atoms with Gasteiger partial charge in [-0.15, -0.1) is 12.4 Å². The minimum Gasteiger partial charge on any atom is -0.489 e. The Bertz CT molecular complexity index is 724. The van der Waals surface area contributed by atoms with E-state index in [1.165, 1.54) is 0 Å². The van der Waals surface area contributed by atoms with Gasteiger partial charge in [-0.1, -0.05) is 29.8 Å². The molecule has 1 saturated heterocycles. The van der Waals surface area contributed by atoms with Crippen molar-refractivity contribution in [2.75, 3.05) is 19.6 Å². The standard InChI is InChI=1S/C19H21ClN2O2.ClH/c1-14-12-21-8-9-22(14)19(23)16-5-3-7-18(11-16)24-13-15-4-2-6-17(20)10-15;/h2-7,10-11,14,21H,8-9,12-13H2,1H3;1H/t14-;/m0./s1. The van der Waals surface area contributed by atoms with Crippen LogP contribution in [0.3, 0.4) is 0 Å². The predicted octanol–water partition coefficient (Wildman–Crippen LogP) is 3.77. The summed E-state index contributed by atoms with van der Waals surface area (Å²) in [5.74, 6) is 0.737. The summed E-state index contributed by atoms with van der Waals surface area (Å²) in [5.41, 5.74) is 1.65. The van der Waals surface area contributed by atoms with E-state index in [1.54, 1.807) is 0 Å². The second-order valence-corrected chi connectivity index (χ2v) is 6.43. The highest BCUT2D eigenvalue weighted by Gasteiger charge is 2.24. The van der Waals surface area contributed by atoms with Gasteiger partial charge in [-0.05, 0) is 42.8 Å². The van der Waals surface area contributed by atoms with Gasteiger partial charge in [-0.25, -0.2) is 0 Å². The number of rotatable bonds is 4. The molecule has 0 radical (unpaired) electrons. The van der Waals surface area contributed by atoms with Crippen molar-refractivity contribution in [1.82, 2.24) is 10.2 Å². The van der Waals surface area contributed by atoms with Gasteiger partial charge in [0.2, 0.25) is 0 Å². The summed E-state index contributed by atoms with van der Waals surface area (Å²) in [6, 6.07) is 15.1. The fourth-order valence-corrected chi connectivity index (χ4v) is 3.03. The van der Waals surface area contributed by atoms with Crippen LogP contribution in [-0.2, 0) is 6.61 Å². The Balaban J connectivity index is 0.00000225. The summed E-state index contributed by atoms with van der Waals surface area (Å²) in [6.07, 6.45) is 0. The Labute approximate surface area is 159 Å². The molecular weight excluding hydrogens is 359 g/mol. The lowest BCUT2D eigenvalue weighted by atomic mass is 10.1. The molecule has 1 heterocycles. The minimum absolute atomic E-state index is 0. The first-order valence-corrected chi connectivity index (χ1v) is 8.50. The van der Waals surface area contributed by atoms with Crippen LogP contribution in [0.25, 0.3) is 0 Å². The van der Waals surface area contributed by atoms with Crippen molar-refractivity contribution < 1.29 is 9.53 Å². The number of nitrogens with one attached hydrogen (secondary N) is 1. The predicted molar refractivity (Wildman–Crippen MR) is 103 cm³/mol. The quantitative estimate of drug-likeness (QED) is 0.877. The molecule has 3 rings (SSSR count). The fourth-order valence-electron chi connectivity index (χ4n) is 2.82. The lowest BCUT2D eigenvalue weighted by Gasteiger charge is -2.34. The molecule has 0 bridgehead atoms. The fraction of sp³-hybridized carbons (Fsp3) is 0.316. The lowest BCUT2D eigenvalue weighted by molar-refractivity contribution is 0.0655. The number of carbonyl (C=O) groups is 1. The van der Waals surface area contributed by atoms with Crippen molar-refractivity contribution in [3.63, 3.8) is 0 Å². The van der Waals surface area contributed by atoms with E-state index in [2.05, 4.69) is 12.2 Å². The monoisotopic (exact) mass is 380 g/mol. The first-order valence-electron chi connectivity index (χ1n) is 8.12. The number of hydrogen-bond acceptors (Lipinski definition) is 3. The molecule has 0 aromatic heterocycles. The van der Waals surface area contributed by atoms with Crippen molar-refractivity contribution in [2.24, 2.45) is 0 Å². The van der Waals surface area contributed by atoms with Crippen molar-refractivity contribution in [3.05, 3.63) is 64.7 Å². The molecule has 1 fully saturated rings. The smallest absolute Gasteiger partial charge is 0.254 e.